The van der Waals surface area contributed by atoms with Crippen molar-refractivity contribution in [2.45, 2.75) is 38.8 Å². The highest BCUT2D eigenvalue weighted by atomic mass is 16.4. The van der Waals surface area contributed by atoms with Gasteiger partial charge in [0.1, 0.15) is 6.04 Å². The van der Waals surface area contributed by atoms with Crippen LogP contribution in [0.4, 0.5) is 0 Å². The standard InChI is InChI=1S/C8H17NO3/c1-3-4-5(2)7(10)6(9)8(11)12/h5-7,10H,3-4,9H2,1-2H3,(H,11,12). The van der Waals surface area contributed by atoms with Gasteiger partial charge in [0.25, 0.3) is 0 Å². The summed E-state index contributed by atoms with van der Waals surface area (Å²) in [6.07, 6.45) is 0.773. The summed E-state index contributed by atoms with van der Waals surface area (Å²) in [6.45, 7) is 3.78. The first-order valence-corrected chi connectivity index (χ1v) is 4.17. The molecule has 0 saturated carbocycles. The highest BCUT2D eigenvalue weighted by Crippen LogP contribution is 2.12. The van der Waals surface area contributed by atoms with Crippen LogP contribution in [-0.2, 0) is 4.79 Å². The summed E-state index contributed by atoms with van der Waals surface area (Å²) in [5, 5.41) is 17.9. The Morgan fingerprint density at radius 2 is 2.08 bits per heavy atom. The Bertz CT molecular complexity index is 149. The topological polar surface area (TPSA) is 83.5 Å². The van der Waals surface area contributed by atoms with Crippen LogP contribution in [0.5, 0.6) is 0 Å². The number of carboxylic acids is 1. The minimum Gasteiger partial charge on any atom is -0.480 e. The molecule has 72 valence electrons. The van der Waals surface area contributed by atoms with Crippen LogP contribution in [0.2, 0.25) is 0 Å². The van der Waals surface area contributed by atoms with E-state index in [2.05, 4.69) is 0 Å². The zero-order valence-electron chi connectivity index (χ0n) is 7.53. The molecule has 0 fully saturated rings. The second-order valence-electron chi connectivity index (χ2n) is 3.12. The van der Waals surface area contributed by atoms with Gasteiger partial charge in [-0.05, 0) is 12.3 Å². The molecule has 4 heteroatoms. The third-order valence-corrected chi connectivity index (χ3v) is 1.98. The van der Waals surface area contributed by atoms with E-state index in [-0.39, 0.29) is 5.92 Å². The van der Waals surface area contributed by atoms with E-state index in [1.807, 2.05) is 6.92 Å². The Balaban J connectivity index is 3.99. The van der Waals surface area contributed by atoms with E-state index in [1.165, 1.54) is 0 Å². The van der Waals surface area contributed by atoms with Crippen LogP contribution in [0.25, 0.3) is 0 Å². The van der Waals surface area contributed by atoms with Crippen molar-refractivity contribution in [3.05, 3.63) is 0 Å². The average Bonchev–Trinajstić information content (AvgIpc) is 2.02. The van der Waals surface area contributed by atoms with Gasteiger partial charge in [0.15, 0.2) is 0 Å². The molecule has 4 N–H and O–H groups in total. The van der Waals surface area contributed by atoms with Crippen LogP contribution in [0.15, 0.2) is 0 Å². The van der Waals surface area contributed by atoms with Crippen molar-refractivity contribution < 1.29 is 15.0 Å². The maximum Gasteiger partial charge on any atom is 0.323 e. The molecule has 0 aliphatic rings. The quantitative estimate of drug-likeness (QED) is 0.557. The Kier molecular flexibility index (Phi) is 4.85. The highest BCUT2D eigenvalue weighted by Gasteiger charge is 2.26. The molecule has 0 heterocycles. The number of hydrogen-bond acceptors (Lipinski definition) is 3. The predicted molar refractivity (Wildman–Crippen MR) is 45.7 cm³/mol. The SMILES string of the molecule is CCCC(C)C(O)C(N)C(=O)O. The summed E-state index contributed by atoms with van der Waals surface area (Å²) < 4.78 is 0. The Morgan fingerprint density at radius 1 is 1.58 bits per heavy atom. The summed E-state index contributed by atoms with van der Waals surface area (Å²) in [7, 11) is 0. The molecule has 0 aliphatic carbocycles. The van der Waals surface area contributed by atoms with Crippen molar-refractivity contribution >= 4 is 5.97 Å². The fraction of sp³-hybridized carbons (Fsp3) is 0.875. The molecule has 0 aromatic rings. The van der Waals surface area contributed by atoms with Gasteiger partial charge in [-0.25, -0.2) is 0 Å². The molecular formula is C8H17NO3. The van der Waals surface area contributed by atoms with Crippen LogP contribution in [0.1, 0.15) is 26.7 Å². The third kappa shape index (κ3) is 3.19. The van der Waals surface area contributed by atoms with Gasteiger partial charge in [-0.3, -0.25) is 4.79 Å². The average molecular weight is 175 g/mol. The fourth-order valence-electron chi connectivity index (χ4n) is 1.13. The largest absolute Gasteiger partial charge is 0.480 e. The van der Waals surface area contributed by atoms with Gasteiger partial charge in [-0.15, -0.1) is 0 Å². The molecule has 0 aromatic carbocycles. The second-order valence-corrected chi connectivity index (χ2v) is 3.12. The molecular weight excluding hydrogens is 158 g/mol. The first-order chi connectivity index (χ1) is 5.50. The van der Waals surface area contributed by atoms with E-state index in [0.29, 0.717) is 0 Å². The smallest absolute Gasteiger partial charge is 0.323 e. The molecule has 0 spiro atoms. The molecule has 3 atom stereocenters. The first-order valence-electron chi connectivity index (χ1n) is 4.17. The molecule has 0 amide bonds. The minimum atomic E-state index is -1.16. The Labute approximate surface area is 72.4 Å². The predicted octanol–water partition coefficient (Wildman–Crippen LogP) is 0.195. The summed E-state index contributed by atoms with van der Waals surface area (Å²) in [6, 6.07) is -1.16. The van der Waals surface area contributed by atoms with Gasteiger partial charge in [-0.2, -0.15) is 0 Å². The molecule has 4 nitrogen and oxygen atoms in total. The minimum absolute atomic E-state index is 0.0545. The van der Waals surface area contributed by atoms with Gasteiger partial charge in [0.2, 0.25) is 0 Å². The number of carboxylic acid groups (broad SMARTS) is 1. The number of aliphatic hydroxyl groups excluding tert-OH is 1. The van der Waals surface area contributed by atoms with E-state index >= 15 is 0 Å². The molecule has 12 heavy (non-hydrogen) atoms. The van der Waals surface area contributed by atoms with Gasteiger partial charge >= 0.3 is 5.97 Å². The van der Waals surface area contributed by atoms with Crippen molar-refractivity contribution in [1.29, 1.82) is 0 Å². The summed E-state index contributed by atoms with van der Waals surface area (Å²) in [4.78, 5) is 10.4. The lowest BCUT2D eigenvalue weighted by atomic mass is 9.94. The van der Waals surface area contributed by atoms with Crippen LogP contribution in [0, 0.1) is 5.92 Å². The van der Waals surface area contributed by atoms with Crippen LogP contribution >= 0.6 is 0 Å². The zero-order valence-corrected chi connectivity index (χ0v) is 7.53. The lowest BCUT2D eigenvalue weighted by Crippen LogP contribution is -2.45. The number of nitrogens with two attached hydrogens (primary N) is 1. The molecule has 0 saturated heterocycles. The van der Waals surface area contributed by atoms with Crippen LogP contribution in [-0.4, -0.2) is 28.3 Å². The lowest BCUT2D eigenvalue weighted by molar-refractivity contribution is -0.142. The number of carbonyl (C=O) groups is 1. The van der Waals surface area contributed by atoms with Crippen LogP contribution < -0.4 is 5.73 Å². The molecule has 0 rings (SSSR count). The molecule has 0 bridgehead atoms. The summed E-state index contributed by atoms with van der Waals surface area (Å²) in [5.41, 5.74) is 5.24. The normalized spacial score (nSPS) is 18.3. The molecule has 0 aliphatic heterocycles. The van der Waals surface area contributed by atoms with Crippen LogP contribution in [0.3, 0.4) is 0 Å². The summed E-state index contributed by atoms with van der Waals surface area (Å²) >= 11 is 0. The Morgan fingerprint density at radius 3 is 2.42 bits per heavy atom. The van der Waals surface area contributed by atoms with Crippen molar-refractivity contribution in [3.8, 4) is 0 Å². The van der Waals surface area contributed by atoms with Crippen molar-refractivity contribution in [2.75, 3.05) is 0 Å². The van der Waals surface area contributed by atoms with E-state index < -0.39 is 18.1 Å². The monoisotopic (exact) mass is 175 g/mol. The van der Waals surface area contributed by atoms with Gasteiger partial charge in [0.05, 0.1) is 6.10 Å². The first kappa shape index (κ1) is 11.4. The van der Waals surface area contributed by atoms with Crippen molar-refractivity contribution in [1.82, 2.24) is 0 Å². The number of aliphatic hydroxyl groups is 1. The zero-order chi connectivity index (χ0) is 9.72. The lowest BCUT2D eigenvalue weighted by Gasteiger charge is -2.21. The second kappa shape index (κ2) is 5.11. The third-order valence-electron chi connectivity index (χ3n) is 1.98. The van der Waals surface area contributed by atoms with E-state index in [4.69, 9.17) is 10.8 Å². The molecule has 0 radical (unpaired) electrons. The van der Waals surface area contributed by atoms with Gasteiger partial charge < -0.3 is 15.9 Å². The van der Waals surface area contributed by atoms with E-state index in [9.17, 15) is 9.90 Å². The maximum atomic E-state index is 10.4. The van der Waals surface area contributed by atoms with Gasteiger partial charge in [-0.1, -0.05) is 20.3 Å². The van der Waals surface area contributed by atoms with Crippen molar-refractivity contribution in [2.24, 2.45) is 11.7 Å². The maximum absolute atomic E-state index is 10.4. The van der Waals surface area contributed by atoms with E-state index in [1.54, 1.807) is 6.92 Å². The fourth-order valence-corrected chi connectivity index (χ4v) is 1.13. The molecule has 3 unspecified atom stereocenters. The number of rotatable bonds is 5. The molecule has 0 aromatic heterocycles. The van der Waals surface area contributed by atoms with Crippen molar-refractivity contribution in [3.63, 3.8) is 0 Å². The number of aliphatic carboxylic acids is 1. The summed E-state index contributed by atoms with van der Waals surface area (Å²) in [5.74, 6) is -1.20. The number of hydrogen-bond donors (Lipinski definition) is 3. The highest BCUT2D eigenvalue weighted by molar-refractivity contribution is 5.73. The van der Waals surface area contributed by atoms with E-state index in [0.717, 1.165) is 12.8 Å². The van der Waals surface area contributed by atoms with Gasteiger partial charge in [0, 0.05) is 0 Å². The Hall–Kier alpha value is -0.610.